The van der Waals surface area contributed by atoms with E-state index in [9.17, 15) is 9.18 Å². The van der Waals surface area contributed by atoms with Crippen molar-refractivity contribution in [3.8, 4) is 0 Å². The number of halogens is 1. The minimum Gasteiger partial charge on any atom is -0.457 e. The van der Waals surface area contributed by atoms with E-state index in [1.165, 1.54) is 0 Å². The van der Waals surface area contributed by atoms with Crippen LogP contribution in [0.4, 0.5) is 4.39 Å². The molecule has 0 aromatic heterocycles. The first-order chi connectivity index (χ1) is 7.15. The maximum atomic E-state index is 13.4. The summed E-state index contributed by atoms with van der Waals surface area (Å²) in [4.78, 5) is 11.2. The zero-order valence-electron chi connectivity index (χ0n) is 8.42. The molecule has 2 N–H and O–H groups in total. The van der Waals surface area contributed by atoms with Gasteiger partial charge < -0.3 is 10.5 Å². The maximum absolute atomic E-state index is 13.4. The van der Waals surface area contributed by atoms with Gasteiger partial charge in [-0.25, -0.2) is 9.18 Å². The topological polar surface area (TPSA) is 52.3 Å². The minimum atomic E-state index is -1.17. The zero-order chi connectivity index (χ0) is 11.0. The summed E-state index contributed by atoms with van der Waals surface area (Å²) in [7, 11) is 0. The second kappa shape index (κ2) is 3.62. The van der Waals surface area contributed by atoms with Crippen LogP contribution in [0.1, 0.15) is 33.2 Å². The van der Waals surface area contributed by atoms with Crippen LogP contribution in [0.15, 0.2) is 12.1 Å². The number of esters is 1. The van der Waals surface area contributed by atoms with Gasteiger partial charge in [-0.05, 0) is 24.1 Å². The third-order valence-corrected chi connectivity index (χ3v) is 2.75. The van der Waals surface area contributed by atoms with Crippen LogP contribution in [0.2, 0.25) is 0 Å². The second-order valence-corrected chi connectivity index (χ2v) is 3.59. The minimum absolute atomic E-state index is 0.0472. The molecule has 1 atom stereocenters. The van der Waals surface area contributed by atoms with Crippen LogP contribution in [0, 0.1) is 6.92 Å². The molecule has 0 bridgehead atoms. The highest BCUT2D eigenvalue weighted by Gasteiger charge is 2.25. The van der Waals surface area contributed by atoms with Gasteiger partial charge in [0.1, 0.15) is 12.8 Å². The molecule has 0 saturated heterocycles. The highest BCUT2D eigenvalue weighted by atomic mass is 19.1. The lowest BCUT2D eigenvalue weighted by molar-refractivity contribution is 0.0535. The third-order valence-electron chi connectivity index (χ3n) is 2.75. The Morgan fingerprint density at radius 2 is 2.33 bits per heavy atom. The SMILES string of the molecule is Cc1c([C@@H](F)CN)ccc2c1COC2=O. The van der Waals surface area contributed by atoms with E-state index in [1.54, 1.807) is 19.1 Å². The summed E-state index contributed by atoms with van der Waals surface area (Å²) < 4.78 is 18.3. The average molecular weight is 209 g/mol. The third kappa shape index (κ3) is 1.51. The van der Waals surface area contributed by atoms with E-state index in [4.69, 9.17) is 10.5 Å². The molecule has 0 aliphatic carbocycles. The van der Waals surface area contributed by atoms with E-state index in [-0.39, 0.29) is 19.1 Å². The van der Waals surface area contributed by atoms with Gasteiger partial charge >= 0.3 is 5.97 Å². The molecule has 2 rings (SSSR count). The quantitative estimate of drug-likeness (QED) is 0.753. The fourth-order valence-corrected chi connectivity index (χ4v) is 1.83. The number of rotatable bonds is 2. The van der Waals surface area contributed by atoms with Gasteiger partial charge in [0.25, 0.3) is 0 Å². The molecular weight excluding hydrogens is 197 g/mol. The smallest absolute Gasteiger partial charge is 0.338 e. The highest BCUT2D eigenvalue weighted by molar-refractivity contribution is 5.93. The van der Waals surface area contributed by atoms with Crippen molar-refractivity contribution in [1.82, 2.24) is 0 Å². The first-order valence-corrected chi connectivity index (χ1v) is 4.78. The summed E-state index contributed by atoms with van der Waals surface area (Å²) in [6, 6.07) is 3.22. The zero-order valence-corrected chi connectivity index (χ0v) is 8.42. The fraction of sp³-hybridized carbons (Fsp3) is 0.364. The van der Waals surface area contributed by atoms with Crippen molar-refractivity contribution in [1.29, 1.82) is 0 Å². The Bertz CT molecular complexity index is 417. The number of hydrogen-bond acceptors (Lipinski definition) is 3. The van der Waals surface area contributed by atoms with Crippen LogP contribution in [0.3, 0.4) is 0 Å². The summed E-state index contributed by atoms with van der Waals surface area (Å²) in [5.41, 5.74) is 7.92. The molecule has 1 heterocycles. The van der Waals surface area contributed by atoms with Crippen molar-refractivity contribution in [3.05, 3.63) is 34.4 Å². The van der Waals surface area contributed by atoms with Crippen LogP contribution in [-0.4, -0.2) is 12.5 Å². The number of ether oxygens (including phenoxy) is 1. The lowest BCUT2D eigenvalue weighted by Gasteiger charge is -2.11. The van der Waals surface area contributed by atoms with Gasteiger partial charge in [-0.15, -0.1) is 0 Å². The Hall–Kier alpha value is -1.42. The van der Waals surface area contributed by atoms with Crippen molar-refractivity contribution < 1.29 is 13.9 Å². The van der Waals surface area contributed by atoms with Gasteiger partial charge in [-0.3, -0.25) is 0 Å². The molecule has 1 aromatic rings. The first-order valence-electron chi connectivity index (χ1n) is 4.78. The van der Waals surface area contributed by atoms with E-state index >= 15 is 0 Å². The van der Waals surface area contributed by atoms with Gasteiger partial charge in [0.05, 0.1) is 5.56 Å². The highest BCUT2D eigenvalue weighted by Crippen LogP contribution is 2.29. The molecular formula is C11H12FNO2. The maximum Gasteiger partial charge on any atom is 0.338 e. The molecule has 3 nitrogen and oxygen atoms in total. The number of fused-ring (bicyclic) bond motifs is 1. The van der Waals surface area contributed by atoms with E-state index < -0.39 is 6.17 Å². The Balaban J connectivity index is 2.51. The van der Waals surface area contributed by atoms with Crippen molar-refractivity contribution in [3.63, 3.8) is 0 Å². The molecule has 0 unspecified atom stereocenters. The van der Waals surface area contributed by atoms with Crippen LogP contribution in [0.5, 0.6) is 0 Å². The molecule has 1 aliphatic rings. The van der Waals surface area contributed by atoms with Crippen molar-refractivity contribution in [2.24, 2.45) is 5.73 Å². The van der Waals surface area contributed by atoms with Crippen molar-refractivity contribution in [2.75, 3.05) is 6.54 Å². The van der Waals surface area contributed by atoms with Gasteiger partial charge in [-0.1, -0.05) is 6.07 Å². The van der Waals surface area contributed by atoms with E-state index in [0.29, 0.717) is 11.1 Å². The number of cyclic esters (lactones) is 1. The van der Waals surface area contributed by atoms with Gasteiger partial charge in [0.2, 0.25) is 0 Å². The monoisotopic (exact) mass is 209 g/mol. The number of carbonyl (C=O) groups excluding carboxylic acids is 1. The lowest BCUT2D eigenvalue weighted by atomic mass is 9.96. The van der Waals surface area contributed by atoms with Crippen LogP contribution in [0.25, 0.3) is 0 Å². The average Bonchev–Trinajstić information content (AvgIpc) is 2.61. The molecule has 80 valence electrons. The van der Waals surface area contributed by atoms with Crippen molar-refractivity contribution >= 4 is 5.97 Å². The number of carbonyl (C=O) groups is 1. The predicted molar refractivity (Wildman–Crippen MR) is 53.2 cm³/mol. The summed E-state index contributed by atoms with van der Waals surface area (Å²) in [6.45, 7) is 1.98. The molecule has 15 heavy (non-hydrogen) atoms. The van der Waals surface area contributed by atoms with Gasteiger partial charge in [0, 0.05) is 12.1 Å². The first kappa shape index (κ1) is 10.1. The Kier molecular flexibility index (Phi) is 2.44. The number of hydrogen-bond donors (Lipinski definition) is 1. The Morgan fingerprint density at radius 1 is 1.60 bits per heavy atom. The predicted octanol–water partition coefficient (Wildman–Crippen LogP) is 1.63. The standard InChI is InChI=1S/C11H12FNO2/c1-6-7(10(12)4-13)2-3-8-9(6)5-15-11(8)14/h2-3,10H,4-5,13H2,1H3/t10-/m0/s1. The fourth-order valence-electron chi connectivity index (χ4n) is 1.83. The number of nitrogens with two attached hydrogens (primary N) is 1. The van der Waals surface area contributed by atoms with Gasteiger partial charge in [0.15, 0.2) is 0 Å². The molecule has 0 fully saturated rings. The Morgan fingerprint density at radius 3 is 3.00 bits per heavy atom. The summed E-state index contributed by atoms with van der Waals surface area (Å²) in [5.74, 6) is -0.331. The molecule has 0 spiro atoms. The van der Waals surface area contributed by atoms with Crippen LogP contribution in [-0.2, 0) is 11.3 Å². The molecule has 1 aromatic carbocycles. The largest absolute Gasteiger partial charge is 0.457 e. The van der Waals surface area contributed by atoms with Crippen molar-refractivity contribution in [2.45, 2.75) is 19.7 Å². The van der Waals surface area contributed by atoms with E-state index in [0.717, 1.165) is 11.1 Å². The summed E-state index contributed by atoms with van der Waals surface area (Å²) in [5, 5.41) is 0. The molecule has 1 aliphatic heterocycles. The summed E-state index contributed by atoms with van der Waals surface area (Å²) >= 11 is 0. The Labute approximate surface area is 87.0 Å². The van der Waals surface area contributed by atoms with E-state index in [2.05, 4.69) is 0 Å². The molecule has 0 amide bonds. The lowest BCUT2D eigenvalue weighted by Crippen LogP contribution is -2.10. The van der Waals surface area contributed by atoms with Crippen LogP contribution < -0.4 is 5.73 Å². The second-order valence-electron chi connectivity index (χ2n) is 3.59. The number of alkyl halides is 1. The normalized spacial score (nSPS) is 16.1. The molecule has 4 heteroatoms. The molecule has 0 saturated carbocycles. The molecule has 0 radical (unpaired) electrons. The number of benzene rings is 1. The van der Waals surface area contributed by atoms with Gasteiger partial charge in [-0.2, -0.15) is 0 Å². The summed E-state index contributed by atoms with van der Waals surface area (Å²) in [6.07, 6.45) is -1.17. The van der Waals surface area contributed by atoms with Crippen LogP contribution >= 0.6 is 0 Å². The van der Waals surface area contributed by atoms with E-state index in [1.807, 2.05) is 0 Å².